The van der Waals surface area contributed by atoms with Crippen LogP contribution in [0.3, 0.4) is 0 Å². The highest BCUT2D eigenvalue weighted by Crippen LogP contribution is 2.33. The molecule has 5 nitrogen and oxygen atoms in total. The van der Waals surface area contributed by atoms with E-state index in [4.69, 9.17) is 14.2 Å². The van der Waals surface area contributed by atoms with E-state index in [1.165, 1.54) is 5.56 Å². The highest BCUT2D eigenvalue weighted by molar-refractivity contribution is 9.10. The van der Waals surface area contributed by atoms with Crippen molar-refractivity contribution in [2.24, 2.45) is 0 Å². The van der Waals surface area contributed by atoms with Crippen LogP contribution in [-0.4, -0.2) is 25.7 Å². The van der Waals surface area contributed by atoms with Gasteiger partial charge in [-0.05, 0) is 51.2 Å². The second-order valence-corrected chi connectivity index (χ2v) is 7.94. The fourth-order valence-corrected chi connectivity index (χ4v) is 3.04. The van der Waals surface area contributed by atoms with E-state index in [2.05, 4.69) is 42.0 Å². The molecule has 1 heterocycles. The molecule has 1 aliphatic heterocycles. The van der Waals surface area contributed by atoms with Crippen molar-refractivity contribution in [2.75, 3.05) is 25.1 Å². The Hall–Kier alpha value is -2.21. The monoisotopic (exact) mass is 419 g/mol. The van der Waals surface area contributed by atoms with Gasteiger partial charge in [-0.15, -0.1) is 0 Å². The zero-order valence-electron chi connectivity index (χ0n) is 15.1. The lowest BCUT2D eigenvalue weighted by Crippen LogP contribution is -2.21. The summed E-state index contributed by atoms with van der Waals surface area (Å²) in [6.07, 6.45) is 0. The molecule has 138 valence electrons. The Bertz CT molecular complexity index is 814. The molecule has 0 aromatic heterocycles. The number of halogens is 1. The topological polar surface area (TPSA) is 56.8 Å². The van der Waals surface area contributed by atoms with Crippen molar-refractivity contribution in [3.8, 4) is 17.2 Å². The lowest BCUT2D eigenvalue weighted by atomic mass is 9.87. The number of fused-ring (bicyclic) bond motifs is 1. The largest absolute Gasteiger partial charge is 0.486 e. The first-order valence-electron chi connectivity index (χ1n) is 8.45. The van der Waals surface area contributed by atoms with Crippen LogP contribution in [0.2, 0.25) is 0 Å². The molecule has 0 saturated carbocycles. The summed E-state index contributed by atoms with van der Waals surface area (Å²) < 4.78 is 17.5. The van der Waals surface area contributed by atoms with E-state index in [0.717, 1.165) is 4.47 Å². The second kappa shape index (κ2) is 7.58. The maximum atomic E-state index is 12.2. The number of ether oxygens (including phenoxy) is 3. The summed E-state index contributed by atoms with van der Waals surface area (Å²) in [6, 6.07) is 11.2. The first-order chi connectivity index (χ1) is 12.3. The van der Waals surface area contributed by atoms with Gasteiger partial charge in [-0.1, -0.05) is 26.8 Å². The van der Waals surface area contributed by atoms with E-state index in [9.17, 15) is 4.79 Å². The van der Waals surface area contributed by atoms with E-state index >= 15 is 0 Å². The number of nitrogens with one attached hydrogen (secondary N) is 1. The number of rotatable bonds is 4. The molecule has 6 heteroatoms. The van der Waals surface area contributed by atoms with Crippen molar-refractivity contribution in [1.29, 1.82) is 0 Å². The fourth-order valence-electron chi connectivity index (χ4n) is 2.55. The molecule has 1 amide bonds. The molecule has 0 bridgehead atoms. The molecule has 3 rings (SSSR count). The molecule has 0 spiro atoms. The van der Waals surface area contributed by atoms with Gasteiger partial charge < -0.3 is 19.5 Å². The number of hydrogen-bond acceptors (Lipinski definition) is 4. The molecule has 0 atom stereocenters. The van der Waals surface area contributed by atoms with E-state index < -0.39 is 0 Å². The summed E-state index contributed by atoms with van der Waals surface area (Å²) in [7, 11) is 0. The van der Waals surface area contributed by atoms with Crippen molar-refractivity contribution in [1.82, 2.24) is 0 Å². The Morgan fingerprint density at radius 3 is 2.54 bits per heavy atom. The highest BCUT2D eigenvalue weighted by atomic mass is 79.9. The van der Waals surface area contributed by atoms with Gasteiger partial charge in [0.05, 0.1) is 4.47 Å². The van der Waals surface area contributed by atoms with Crippen LogP contribution in [0.15, 0.2) is 40.9 Å². The number of benzene rings is 2. The molecule has 0 aliphatic carbocycles. The second-order valence-electron chi connectivity index (χ2n) is 7.09. The zero-order valence-corrected chi connectivity index (χ0v) is 16.7. The van der Waals surface area contributed by atoms with Gasteiger partial charge in [-0.3, -0.25) is 4.79 Å². The quantitative estimate of drug-likeness (QED) is 0.790. The van der Waals surface area contributed by atoms with Crippen LogP contribution in [0, 0.1) is 0 Å². The zero-order chi connectivity index (χ0) is 18.7. The minimum atomic E-state index is -0.242. The summed E-state index contributed by atoms with van der Waals surface area (Å²) in [5.41, 5.74) is 1.89. The summed E-state index contributed by atoms with van der Waals surface area (Å²) in [6.45, 7) is 7.41. The first-order valence-corrected chi connectivity index (χ1v) is 9.24. The van der Waals surface area contributed by atoms with Gasteiger partial charge in [-0.25, -0.2) is 0 Å². The standard InChI is InChI=1S/C20H22BrNO4/c1-20(2,3)13-4-6-16(15(21)10-13)26-12-19(23)22-14-5-7-17-18(11-14)25-9-8-24-17/h4-7,10-11H,8-9,12H2,1-3H3,(H,22,23). The maximum absolute atomic E-state index is 12.2. The van der Waals surface area contributed by atoms with Crippen molar-refractivity contribution < 1.29 is 19.0 Å². The molecule has 26 heavy (non-hydrogen) atoms. The normalized spacial score (nSPS) is 13.2. The predicted molar refractivity (Wildman–Crippen MR) is 104 cm³/mol. The van der Waals surface area contributed by atoms with Crippen molar-refractivity contribution in [3.63, 3.8) is 0 Å². The first kappa shape index (κ1) is 18.6. The summed E-state index contributed by atoms with van der Waals surface area (Å²) >= 11 is 3.51. The predicted octanol–water partition coefficient (Wildman–Crippen LogP) is 4.54. The molecule has 0 unspecified atom stereocenters. The third-order valence-electron chi connectivity index (χ3n) is 3.98. The fraction of sp³-hybridized carbons (Fsp3) is 0.350. The van der Waals surface area contributed by atoms with Crippen molar-refractivity contribution >= 4 is 27.5 Å². The Morgan fingerprint density at radius 1 is 1.12 bits per heavy atom. The lowest BCUT2D eigenvalue weighted by Gasteiger charge is -2.20. The SMILES string of the molecule is CC(C)(C)c1ccc(OCC(=O)Nc2ccc3c(c2)OCCO3)c(Br)c1. The summed E-state index contributed by atoms with van der Waals surface area (Å²) in [4.78, 5) is 12.2. The van der Waals surface area contributed by atoms with Crippen LogP contribution in [-0.2, 0) is 10.2 Å². The van der Waals surface area contributed by atoms with Crippen LogP contribution >= 0.6 is 15.9 Å². The highest BCUT2D eigenvalue weighted by Gasteiger charge is 2.16. The van der Waals surface area contributed by atoms with Crippen LogP contribution in [0.4, 0.5) is 5.69 Å². The molecular weight excluding hydrogens is 398 g/mol. The number of amides is 1. The smallest absolute Gasteiger partial charge is 0.262 e. The van der Waals surface area contributed by atoms with Gasteiger partial charge in [0.25, 0.3) is 5.91 Å². The summed E-state index contributed by atoms with van der Waals surface area (Å²) in [5.74, 6) is 1.72. The van der Waals surface area contributed by atoms with Gasteiger partial charge >= 0.3 is 0 Å². The van der Waals surface area contributed by atoms with Gasteiger partial charge in [0.1, 0.15) is 19.0 Å². The van der Waals surface area contributed by atoms with Gasteiger partial charge in [-0.2, -0.15) is 0 Å². The lowest BCUT2D eigenvalue weighted by molar-refractivity contribution is -0.118. The van der Waals surface area contributed by atoms with Crippen molar-refractivity contribution in [3.05, 3.63) is 46.4 Å². The number of anilines is 1. The average Bonchev–Trinajstić information content (AvgIpc) is 2.59. The van der Waals surface area contributed by atoms with E-state index in [-0.39, 0.29) is 17.9 Å². The number of carbonyl (C=O) groups is 1. The molecule has 2 aromatic carbocycles. The third kappa shape index (κ3) is 4.49. The Labute approximate surface area is 161 Å². The Morgan fingerprint density at radius 2 is 1.85 bits per heavy atom. The van der Waals surface area contributed by atoms with E-state index in [1.54, 1.807) is 18.2 Å². The average molecular weight is 420 g/mol. The minimum Gasteiger partial charge on any atom is -0.486 e. The van der Waals surface area contributed by atoms with Gasteiger partial charge in [0.15, 0.2) is 18.1 Å². The molecule has 2 aromatic rings. The van der Waals surface area contributed by atoms with Crippen LogP contribution in [0.1, 0.15) is 26.3 Å². The molecule has 0 radical (unpaired) electrons. The van der Waals surface area contributed by atoms with E-state index in [1.807, 2.05) is 18.2 Å². The third-order valence-corrected chi connectivity index (χ3v) is 4.60. The Balaban J connectivity index is 1.59. The minimum absolute atomic E-state index is 0.0522. The van der Waals surface area contributed by atoms with Gasteiger partial charge in [0.2, 0.25) is 0 Å². The maximum Gasteiger partial charge on any atom is 0.262 e. The van der Waals surface area contributed by atoms with E-state index in [0.29, 0.717) is 36.1 Å². The van der Waals surface area contributed by atoms with Gasteiger partial charge in [0, 0.05) is 11.8 Å². The molecule has 1 N–H and O–H groups in total. The summed E-state index contributed by atoms with van der Waals surface area (Å²) in [5, 5.41) is 2.80. The van der Waals surface area contributed by atoms with Crippen LogP contribution < -0.4 is 19.5 Å². The molecule has 1 aliphatic rings. The molecule has 0 fully saturated rings. The van der Waals surface area contributed by atoms with Crippen LogP contribution in [0.5, 0.6) is 17.2 Å². The van der Waals surface area contributed by atoms with Crippen molar-refractivity contribution in [2.45, 2.75) is 26.2 Å². The number of hydrogen-bond donors (Lipinski definition) is 1. The number of carbonyl (C=O) groups excluding carboxylic acids is 1. The van der Waals surface area contributed by atoms with Crippen LogP contribution in [0.25, 0.3) is 0 Å². The molecular formula is C20H22BrNO4. The molecule has 0 saturated heterocycles. The Kier molecular flexibility index (Phi) is 5.41.